The summed E-state index contributed by atoms with van der Waals surface area (Å²) in [4.78, 5) is 0. The van der Waals surface area contributed by atoms with Crippen LogP contribution in [0.4, 0.5) is 4.39 Å². The molecular weight excluding hydrogens is 205 g/mol. The van der Waals surface area contributed by atoms with Crippen molar-refractivity contribution in [2.24, 2.45) is 0 Å². The summed E-state index contributed by atoms with van der Waals surface area (Å²) >= 11 is 0. The first-order valence-electron chi connectivity index (χ1n) is 5.70. The molecule has 1 rings (SSSR count). The number of aliphatic hydroxyl groups is 1. The standard InChI is InChI=1S/C13H20FNO/c1-3-13(2,8-9-16)15-10-11-6-4-5-7-12(11)14/h4-7,15-16H,3,8-10H2,1-2H3. The molecule has 0 aliphatic heterocycles. The summed E-state index contributed by atoms with van der Waals surface area (Å²) in [5.41, 5.74) is 0.539. The number of halogens is 1. The van der Waals surface area contributed by atoms with E-state index in [2.05, 4.69) is 12.2 Å². The van der Waals surface area contributed by atoms with Gasteiger partial charge in [-0.05, 0) is 25.8 Å². The van der Waals surface area contributed by atoms with Gasteiger partial charge in [-0.1, -0.05) is 25.1 Å². The van der Waals surface area contributed by atoms with Gasteiger partial charge in [0.1, 0.15) is 5.82 Å². The van der Waals surface area contributed by atoms with E-state index in [-0.39, 0.29) is 18.0 Å². The van der Waals surface area contributed by atoms with Crippen molar-refractivity contribution in [1.29, 1.82) is 0 Å². The average molecular weight is 225 g/mol. The molecule has 1 unspecified atom stereocenters. The van der Waals surface area contributed by atoms with Crippen molar-refractivity contribution in [3.63, 3.8) is 0 Å². The lowest BCUT2D eigenvalue weighted by Crippen LogP contribution is -2.42. The Morgan fingerprint density at radius 1 is 1.38 bits per heavy atom. The highest BCUT2D eigenvalue weighted by molar-refractivity contribution is 5.17. The Morgan fingerprint density at radius 2 is 2.06 bits per heavy atom. The number of nitrogens with one attached hydrogen (secondary N) is 1. The van der Waals surface area contributed by atoms with Crippen molar-refractivity contribution < 1.29 is 9.50 Å². The van der Waals surface area contributed by atoms with E-state index in [4.69, 9.17) is 5.11 Å². The quantitative estimate of drug-likeness (QED) is 0.779. The molecule has 3 heteroatoms. The zero-order valence-corrected chi connectivity index (χ0v) is 9.96. The van der Waals surface area contributed by atoms with Crippen LogP contribution in [-0.2, 0) is 6.54 Å². The third kappa shape index (κ3) is 3.58. The molecule has 1 atom stereocenters. The maximum Gasteiger partial charge on any atom is 0.127 e. The van der Waals surface area contributed by atoms with E-state index >= 15 is 0 Å². The zero-order valence-electron chi connectivity index (χ0n) is 9.96. The Bertz CT molecular complexity index is 329. The third-order valence-corrected chi connectivity index (χ3v) is 3.11. The molecule has 0 aliphatic carbocycles. The Balaban J connectivity index is 2.59. The Kier molecular flexibility index (Phi) is 4.90. The molecule has 2 N–H and O–H groups in total. The largest absolute Gasteiger partial charge is 0.396 e. The monoisotopic (exact) mass is 225 g/mol. The van der Waals surface area contributed by atoms with Gasteiger partial charge < -0.3 is 10.4 Å². The lowest BCUT2D eigenvalue weighted by molar-refractivity contribution is 0.214. The molecule has 0 spiro atoms. The number of aliphatic hydroxyl groups excluding tert-OH is 1. The summed E-state index contributed by atoms with van der Waals surface area (Å²) < 4.78 is 13.4. The fourth-order valence-corrected chi connectivity index (χ4v) is 1.59. The summed E-state index contributed by atoms with van der Waals surface area (Å²) in [7, 11) is 0. The van der Waals surface area contributed by atoms with Crippen molar-refractivity contribution in [1.82, 2.24) is 5.32 Å². The van der Waals surface area contributed by atoms with Crippen LogP contribution in [0.2, 0.25) is 0 Å². The van der Waals surface area contributed by atoms with Crippen molar-refractivity contribution in [3.05, 3.63) is 35.6 Å². The summed E-state index contributed by atoms with van der Waals surface area (Å²) in [6.07, 6.45) is 1.58. The third-order valence-electron chi connectivity index (χ3n) is 3.11. The molecule has 2 nitrogen and oxygen atoms in total. The van der Waals surface area contributed by atoms with Crippen LogP contribution in [0.25, 0.3) is 0 Å². The van der Waals surface area contributed by atoms with Crippen LogP contribution >= 0.6 is 0 Å². The van der Waals surface area contributed by atoms with Crippen LogP contribution in [0.5, 0.6) is 0 Å². The van der Waals surface area contributed by atoms with Gasteiger partial charge >= 0.3 is 0 Å². The van der Waals surface area contributed by atoms with Gasteiger partial charge in [0.05, 0.1) is 0 Å². The average Bonchev–Trinajstić information content (AvgIpc) is 2.28. The van der Waals surface area contributed by atoms with Crippen LogP contribution in [0.1, 0.15) is 32.3 Å². The Morgan fingerprint density at radius 3 is 2.62 bits per heavy atom. The molecule has 90 valence electrons. The van der Waals surface area contributed by atoms with Gasteiger partial charge in [0, 0.05) is 24.3 Å². The summed E-state index contributed by atoms with van der Waals surface area (Å²) in [6, 6.07) is 6.75. The zero-order chi connectivity index (χ0) is 12.0. The molecule has 1 aromatic rings. The minimum Gasteiger partial charge on any atom is -0.396 e. The minimum absolute atomic E-state index is 0.128. The highest BCUT2D eigenvalue weighted by Crippen LogP contribution is 2.15. The molecule has 16 heavy (non-hydrogen) atoms. The van der Waals surface area contributed by atoms with Gasteiger partial charge in [-0.2, -0.15) is 0 Å². The van der Waals surface area contributed by atoms with Crippen LogP contribution in [0.15, 0.2) is 24.3 Å². The lowest BCUT2D eigenvalue weighted by Gasteiger charge is -2.29. The number of hydrogen-bond donors (Lipinski definition) is 2. The molecule has 0 aliphatic rings. The second-order valence-electron chi connectivity index (χ2n) is 4.33. The van der Waals surface area contributed by atoms with Crippen LogP contribution < -0.4 is 5.32 Å². The Labute approximate surface area is 96.5 Å². The molecule has 0 bridgehead atoms. The first kappa shape index (κ1) is 13.1. The predicted molar refractivity (Wildman–Crippen MR) is 63.6 cm³/mol. The lowest BCUT2D eigenvalue weighted by atomic mass is 9.94. The molecule has 1 aromatic carbocycles. The SMILES string of the molecule is CCC(C)(CCO)NCc1ccccc1F. The topological polar surface area (TPSA) is 32.3 Å². The van der Waals surface area contributed by atoms with Gasteiger partial charge in [-0.15, -0.1) is 0 Å². The van der Waals surface area contributed by atoms with Crippen molar-refractivity contribution in [3.8, 4) is 0 Å². The van der Waals surface area contributed by atoms with E-state index in [1.165, 1.54) is 6.07 Å². The van der Waals surface area contributed by atoms with E-state index in [0.29, 0.717) is 18.5 Å². The van der Waals surface area contributed by atoms with Crippen molar-refractivity contribution in [2.45, 2.75) is 38.8 Å². The summed E-state index contributed by atoms with van der Waals surface area (Å²) in [5.74, 6) is -0.183. The fraction of sp³-hybridized carbons (Fsp3) is 0.538. The number of benzene rings is 1. The van der Waals surface area contributed by atoms with E-state index < -0.39 is 0 Å². The van der Waals surface area contributed by atoms with Crippen molar-refractivity contribution >= 4 is 0 Å². The minimum atomic E-state index is -0.183. The molecule has 0 saturated carbocycles. The molecule has 0 heterocycles. The maximum absolute atomic E-state index is 13.4. The first-order valence-corrected chi connectivity index (χ1v) is 5.70. The molecule has 0 fully saturated rings. The normalized spacial score (nSPS) is 14.8. The van der Waals surface area contributed by atoms with Gasteiger partial charge in [-0.25, -0.2) is 4.39 Å². The molecule has 0 amide bonds. The highest BCUT2D eigenvalue weighted by atomic mass is 19.1. The smallest absolute Gasteiger partial charge is 0.127 e. The van der Waals surface area contributed by atoms with Gasteiger partial charge in [-0.3, -0.25) is 0 Å². The van der Waals surface area contributed by atoms with Gasteiger partial charge in [0.2, 0.25) is 0 Å². The van der Waals surface area contributed by atoms with E-state index in [1.54, 1.807) is 12.1 Å². The van der Waals surface area contributed by atoms with Crippen LogP contribution in [0.3, 0.4) is 0 Å². The Hall–Kier alpha value is -0.930. The molecule has 0 radical (unpaired) electrons. The number of rotatable bonds is 6. The van der Waals surface area contributed by atoms with Gasteiger partial charge in [0.25, 0.3) is 0 Å². The fourth-order valence-electron chi connectivity index (χ4n) is 1.59. The number of hydrogen-bond acceptors (Lipinski definition) is 2. The molecular formula is C13H20FNO. The van der Waals surface area contributed by atoms with E-state index in [1.807, 2.05) is 13.0 Å². The maximum atomic E-state index is 13.4. The van der Waals surface area contributed by atoms with Gasteiger partial charge in [0.15, 0.2) is 0 Å². The molecule has 0 saturated heterocycles. The second kappa shape index (κ2) is 5.97. The van der Waals surface area contributed by atoms with E-state index in [0.717, 1.165) is 6.42 Å². The van der Waals surface area contributed by atoms with Crippen molar-refractivity contribution in [2.75, 3.05) is 6.61 Å². The van der Waals surface area contributed by atoms with E-state index in [9.17, 15) is 4.39 Å². The first-order chi connectivity index (χ1) is 7.61. The second-order valence-corrected chi connectivity index (χ2v) is 4.33. The van der Waals surface area contributed by atoms with Crippen LogP contribution in [-0.4, -0.2) is 17.3 Å². The summed E-state index contributed by atoms with van der Waals surface area (Å²) in [5, 5.41) is 12.3. The molecule has 0 aromatic heterocycles. The predicted octanol–water partition coefficient (Wildman–Crippen LogP) is 2.47. The highest BCUT2D eigenvalue weighted by Gasteiger charge is 2.20. The summed E-state index contributed by atoms with van der Waals surface area (Å²) in [6.45, 7) is 4.75. The van der Waals surface area contributed by atoms with Crippen LogP contribution in [0, 0.1) is 5.82 Å².